The topological polar surface area (TPSA) is 81.9 Å². The summed E-state index contributed by atoms with van der Waals surface area (Å²) in [5.41, 5.74) is 0.528. The van der Waals surface area contributed by atoms with Crippen LogP contribution >= 0.6 is 0 Å². The number of aliphatic imine (C=N–C) groups is 1. The normalized spacial score (nSPS) is 12.3. The maximum atomic E-state index is 12.1. The van der Waals surface area contributed by atoms with E-state index in [1.807, 2.05) is 0 Å². The fraction of sp³-hybridized carbons (Fsp3) is 0.667. The quantitative estimate of drug-likeness (QED) is 0.253. The molecule has 3 N–H and O–H groups in total. The Hall–Kier alpha value is -1.88. The summed E-state index contributed by atoms with van der Waals surface area (Å²) in [6.07, 6.45) is 16.8. The summed E-state index contributed by atoms with van der Waals surface area (Å²) in [6, 6.07) is 5.92. The first-order valence-corrected chi connectivity index (χ1v) is 11.4. The Kier molecular flexibility index (Phi) is 14.8. The van der Waals surface area contributed by atoms with Gasteiger partial charge in [-0.05, 0) is 18.6 Å². The molecule has 1 aromatic carbocycles. The van der Waals surface area contributed by atoms with Gasteiger partial charge < -0.3 is 15.5 Å². The minimum absolute atomic E-state index is 0.102. The average molecular weight is 405 g/mol. The van der Waals surface area contributed by atoms with Crippen LogP contribution in [0.4, 0.5) is 0 Å². The van der Waals surface area contributed by atoms with Gasteiger partial charge in [0.2, 0.25) is 5.91 Å². The number of benzene rings is 1. The van der Waals surface area contributed by atoms with Crippen molar-refractivity contribution in [1.29, 1.82) is 0 Å². The largest absolute Gasteiger partial charge is 0.507 e. The lowest BCUT2D eigenvalue weighted by Gasteiger charge is -2.10. The zero-order valence-corrected chi connectivity index (χ0v) is 18.1. The molecule has 0 aliphatic rings. The van der Waals surface area contributed by atoms with Crippen LogP contribution in [0.5, 0.6) is 5.75 Å². The average Bonchev–Trinajstić information content (AvgIpc) is 2.73. The summed E-state index contributed by atoms with van der Waals surface area (Å²) in [4.78, 5) is 16.2. The van der Waals surface area contributed by atoms with Gasteiger partial charge in [0.1, 0.15) is 5.75 Å². The van der Waals surface area contributed by atoms with Gasteiger partial charge in [0, 0.05) is 18.3 Å². The van der Waals surface area contributed by atoms with Crippen molar-refractivity contribution < 1.29 is 15.0 Å². The monoisotopic (exact) mass is 404 g/mol. The molecule has 5 heteroatoms. The van der Waals surface area contributed by atoms with Crippen molar-refractivity contribution in [3.8, 4) is 5.75 Å². The molecule has 1 rings (SSSR count). The molecule has 1 aromatic rings. The van der Waals surface area contributed by atoms with Crippen molar-refractivity contribution in [2.45, 2.75) is 90.0 Å². The number of nitrogens with zero attached hydrogens (tertiary/aromatic N) is 1. The van der Waals surface area contributed by atoms with Gasteiger partial charge in [0.25, 0.3) is 0 Å². The smallest absolute Gasteiger partial charge is 0.247 e. The molecule has 29 heavy (non-hydrogen) atoms. The Balaban J connectivity index is 2.05. The first-order chi connectivity index (χ1) is 14.2. The molecule has 0 fully saturated rings. The van der Waals surface area contributed by atoms with Crippen molar-refractivity contribution in [2.24, 2.45) is 4.99 Å². The van der Waals surface area contributed by atoms with E-state index in [0.717, 1.165) is 12.8 Å². The Morgan fingerprint density at radius 3 is 2.07 bits per heavy atom. The highest BCUT2D eigenvalue weighted by Gasteiger charge is 2.14. The number of aliphatic hydroxyl groups is 1. The Labute approximate surface area is 176 Å². The van der Waals surface area contributed by atoms with Gasteiger partial charge in [-0.1, -0.05) is 89.7 Å². The summed E-state index contributed by atoms with van der Waals surface area (Å²) >= 11 is 0. The van der Waals surface area contributed by atoms with Crippen LogP contribution in [0.25, 0.3) is 0 Å². The number of unbranched alkanes of at least 4 members (excludes halogenated alkanes) is 11. The van der Waals surface area contributed by atoms with Crippen LogP contribution in [0.2, 0.25) is 0 Å². The van der Waals surface area contributed by atoms with E-state index in [0.29, 0.717) is 12.1 Å². The predicted molar refractivity (Wildman–Crippen MR) is 121 cm³/mol. The lowest BCUT2D eigenvalue weighted by atomic mass is 10.1. The number of hydrogen-bond acceptors (Lipinski definition) is 4. The highest BCUT2D eigenvalue weighted by atomic mass is 16.3. The molecule has 0 aromatic heterocycles. The van der Waals surface area contributed by atoms with Crippen molar-refractivity contribution in [1.82, 2.24) is 5.32 Å². The van der Waals surface area contributed by atoms with Gasteiger partial charge in [0.15, 0.2) is 6.04 Å². The number of carbonyl (C=O) groups is 1. The molecular formula is C24H40N2O3. The van der Waals surface area contributed by atoms with Gasteiger partial charge in [0.05, 0.1) is 6.61 Å². The lowest BCUT2D eigenvalue weighted by molar-refractivity contribution is -0.123. The number of aromatic hydroxyl groups is 1. The molecular weight excluding hydrogens is 364 g/mol. The lowest BCUT2D eigenvalue weighted by Crippen LogP contribution is -2.36. The molecule has 0 aliphatic heterocycles. The van der Waals surface area contributed by atoms with Crippen molar-refractivity contribution in [2.75, 3.05) is 13.2 Å². The highest BCUT2D eigenvalue weighted by molar-refractivity contribution is 5.88. The first-order valence-electron chi connectivity index (χ1n) is 11.4. The molecule has 1 atom stereocenters. The third-order valence-electron chi connectivity index (χ3n) is 5.14. The van der Waals surface area contributed by atoms with E-state index in [2.05, 4.69) is 17.2 Å². The van der Waals surface area contributed by atoms with Crippen LogP contribution in [0.3, 0.4) is 0 Å². The van der Waals surface area contributed by atoms with Crippen LogP contribution in [0.15, 0.2) is 29.3 Å². The number of amides is 1. The molecule has 0 radical (unpaired) electrons. The van der Waals surface area contributed by atoms with E-state index < -0.39 is 6.04 Å². The second kappa shape index (κ2) is 17.0. The van der Waals surface area contributed by atoms with E-state index >= 15 is 0 Å². The summed E-state index contributed by atoms with van der Waals surface area (Å²) < 4.78 is 0. The molecule has 0 aliphatic carbocycles. The predicted octanol–water partition coefficient (Wildman–Crippen LogP) is 4.99. The maximum Gasteiger partial charge on any atom is 0.247 e. The fourth-order valence-corrected chi connectivity index (χ4v) is 3.26. The molecule has 0 saturated carbocycles. The number of para-hydroxylation sites is 1. The number of phenols is 1. The number of aliphatic hydroxyl groups excluding tert-OH is 1. The standard InChI is InChI=1S/C24H40N2O3/c1-2-3-4-5-6-7-8-9-10-11-12-15-18-25-24(29)22(20-27)26-19-21-16-13-14-17-23(21)28/h13-14,16-17,19,22,27-28H,2-12,15,18,20H2,1H3,(H,25,29)/b26-19+/t22-/m0/s1. The van der Waals surface area contributed by atoms with E-state index in [-0.39, 0.29) is 18.3 Å². The summed E-state index contributed by atoms with van der Waals surface area (Å²) in [5, 5.41) is 22.0. The van der Waals surface area contributed by atoms with E-state index in [4.69, 9.17) is 0 Å². The van der Waals surface area contributed by atoms with Gasteiger partial charge >= 0.3 is 0 Å². The molecule has 164 valence electrons. The molecule has 5 nitrogen and oxygen atoms in total. The molecule has 0 bridgehead atoms. The summed E-state index contributed by atoms with van der Waals surface area (Å²) in [7, 11) is 0. The number of hydrogen-bond donors (Lipinski definition) is 3. The van der Waals surface area contributed by atoms with Crippen molar-refractivity contribution in [3.63, 3.8) is 0 Å². The van der Waals surface area contributed by atoms with E-state index in [1.165, 1.54) is 70.4 Å². The summed E-state index contributed by atoms with van der Waals surface area (Å²) in [6.45, 7) is 2.51. The number of phenolic OH excluding ortho intramolecular Hbond substituents is 1. The Morgan fingerprint density at radius 2 is 1.52 bits per heavy atom. The third kappa shape index (κ3) is 12.3. The van der Waals surface area contributed by atoms with E-state index in [9.17, 15) is 15.0 Å². The SMILES string of the molecule is CCCCCCCCCCCCCCNC(=O)[C@H](CO)/N=C/c1ccccc1O. The van der Waals surface area contributed by atoms with Gasteiger partial charge in [-0.25, -0.2) is 0 Å². The zero-order chi connectivity index (χ0) is 21.2. The summed E-state index contributed by atoms with van der Waals surface area (Å²) in [5.74, 6) is -0.174. The van der Waals surface area contributed by atoms with Crippen molar-refractivity contribution in [3.05, 3.63) is 29.8 Å². The van der Waals surface area contributed by atoms with E-state index in [1.54, 1.807) is 24.3 Å². The number of rotatable bonds is 17. The zero-order valence-electron chi connectivity index (χ0n) is 18.1. The molecule has 0 spiro atoms. The van der Waals surface area contributed by atoms with Crippen LogP contribution in [-0.2, 0) is 4.79 Å². The first kappa shape index (κ1) is 25.2. The van der Waals surface area contributed by atoms with Crippen LogP contribution in [-0.4, -0.2) is 41.5 Å². The van der Waals surface area contributed by atoms with Gasteiger partial charge in [-0.2, -0.15) is 0 Å². The van der Waals surface area contributed by atoms with Crippen LogP contribution < -0.4 is 5.32 Å². The van der Waals surface area contributed by atoms with Crippen LogP contribution in [0.1, 0.15) is 89.5 Å². The third-order valence-corrected chi connectivity index (χ3v) is 5.14. The fourth-order valence-electron chi connectivity index (χ4n) is 3.26. The minimum Gasteiger partial charge on any atom is -0.507 e. The maximum absolute atomic E-state index is 12.1. The Bertz CT molecular complexity index is 575. The molecule has 0 heterocycles. The number of carbonyl (C=O) groups excluding carboxylic acids is 1. The molecule has 1 amide bonds. The van der Waals surface area contributed by atoms with Crippen molar-refractivity contribution >= 4 is 12.1 Å². The van der Waals surface area contributed by atoms with Gasteiger partial charge in [-0.15, -0.1) is 0 Å². The second-order valence-electron chi connectivity index (χ2n) is 7.72. The van der Waals surface area contributed by atoms with Gasteiger partial charge in [-0.3, -0.25) is 9.79 Å². The minimum atomic E-state index is -0.841. The van der Waals surface area contributed by atoms with Crippen LogP contribution in [0, 0.1) is 0 Å². The molecule has 0 unspecified atom stereocenters. The second-order valence-corrected chi connectivity index (χ2v) is 7.72. The highest BCUT2D eigenvalue weighted by Crippen LogP contribution is 2.13. The molecule has 0 saturated heterocycles. The Morgan fingerprint density at radius 1 is 0.966 bits per heavy atom. The number of nitrogens with one attached hydrogen (secondary N) is 1.